The molecular formula is C11H22BrNO2. The van der Waals surface area contributed by atoms with Crippen molar-refractivity contribution >= 4 is 21.8 Å². The lowest BCUT2D eigenvalue weighted by molar-refractivity contribution is -0.121. The summed E-state index contributed by atoms with van der Waals surface area (Å²) in [5.41, 5.74) is 0. The third-order valence-corrected chi connectivity index (χ3v) is 3.99. The highest BCUT2D eigenvalue weighted by Crippen LogP contribution is 2.12. The molecule has 90 valence electrons. The summed E-state index contributed by atoms with van der Waals surface area (Å²) in [4.78, 5) is 11.5. The second-order valence-corrected chi connectivity index (χ2v) is 5.16. The van der Waals surface area contributed by atoms with Crippen LogP contribution in [0.3, 0.4) is 0 Å². The molecule has 0 radical (unpaired) electrons. The molecular weight excluding hydrogens is 258 g/mol. The number of hydrogen-bond acceptors (Lipinski definition) is 2. The van der Waals surface area contributed by atoms with E-state index in [1.54, 1.807) is 0 Å². The van der Waals surface area contributed by atoms with Crippen molar-refractivity contribution in [1.29, 1.82) is 0 Å². The Morgan fingerprint density at radius 1 is 1.47 bits per heavy atom. The summed E-state index contributed by atoms with van der Waals surface area (Å²) in [7, 11) is 0. The molecule has 4 heteroatoms. The quantitative estimate of drug-likeness (QED) is 0.700. The number of nitrogens with one attached hydrogen (secondary N) is 1. The van der Waals surface area contributed by atoms with Gasteiger partial charge in [0, 0.05) is 13.2 Å². The molecule has 0 aromatic heterocycles. The molecule has 2 unspecified atom stereocenters. The molecule has 0 saturated carbocycles. The van der Waals surface area contributed by atoms with E-state index in [1.807, 2.05) is 13.8 Å². The van der Waals surface area contributed by atoms with Crippen molar-refractivity contribution in [2.45, 2.75) is 38.4 Å². The number of hydrogen-bond donors (Lipinski definition) is 2. The highest BCUT2D eigenvalue weighted by atomic mass is 79.9. The molecule has 0 aromatic rings. The standard InChI is InChI=1S/C11H22BrNO2/c1-4-9(5-6-14)7-13-11(15)10(12)8(2)3/h8-10,14H,4-7H2,1-3H3,(H,13,15). The second-order valence-electron chi connectivity index (χ2n) is 4.18. The number of aliphatic hydroxyl groups excluding tert-OH is 1. The van der Waals surface area contributed by atoms with E-state index in [0.29, 0.717) is 18.4 Å². The Balaban J connectivity index is 3.87. The van der Waals surface area contributed by atoms with Gasteiger partial charge in [-0.05, 0) is 18.3 Å². The van der Waals surface area contributed by atoms with Gasteiger partial charge in [0.05, 0.1) is 4.83 Å². The van der Waals surface area contributed by atoms with E-state index in [4.69, 9.17) is 5.11 Å². The molecule has 2 N–H and O–H groups in total. The third-order valence-electron chi connectivity index (χ3n) is 2.52. The van der Waals surface area contributed by atoms with Crippen LogP contribution in [-0.2, 0) is 4.79 Å². The van der Waals surface area contributed by atoms with E-state index < -0.39 is 0 Å². The summed E-state index contributed by atoms with van der Waals surface area (Å²) < 4.78 is 0. The first-order valence-corrected chi connectivity index (χ1v) is 6.47. The minimum Gasteiger partial charge on any atom is -0.396 e. The van der Waals surface area contributed by atoms with Crippen molar-refractivity contribution in [3.8, 4) is 0 Å². The first-order valence-electron chi connectivity index (χ1n) is 5.55. The lowest BCUT2D eigenvalue weighted by Gasteiger charge is -2.17. The highest BCUT2D eigenvalue weighted by Gasteiger charge is 2.18. The van der Waals surface area contributed by atoms with Crippen LogP contribution in [0.4, 0.5) is 0 Å². The van der Waals surface area contributed by atoms with Crippen LogP contribution in [0.1, 0.15) is 33.6 Å². The molecule has 0 aliphatic carbocycles. The van der Waals surface area contributed by atoms with Crippen molar-refractivity contribution in [3.63, 3.8) is 0 Å². The molecule has 2 atom stereocenters. The maximum Gasteiger partial charge on any atom is 0.234 e. The molecule has 0 saturated heterocycles. The van der Waals surface area contributed by atoms with E-state index in [0.717, 1.165) is 12.8 Å². The largest absolute Gasteiger partial charge is 0.396 e. The van der Waals surface area contributed by atoms with E-state index in [1.165, 1.54) is 0 Å². The molecule has 0 aliphatic heterocycles. The molecule has 0 bridgehead atoms. The summed E-state index contributed by atoms with van der Waals surface area (Å²) >= 11 is 3.36. The monoisotopic (exact) mass is 279 g/mol. The molecule has 0 spiro atoms. The average Bonchev–Trinajstić information content (AvgIpc) is 2.22. The maximum absolute atomic E-state index is 11.6. The number of carbonyl (C=O) groups is 1. The minimum atomic E-state index is -0.121. The van der Waals surface area contributed by atoms with E-state index >= 15 is 0 Å². The van der Waals surface area contributed by atoms with Crippen LogP contribution < -0.4 is 5.32 Å². The Morgan fingerprint density at radius 3 is 2.47 bits per heavy atom. The molecule has 15 heavy (non-hydrogen) atoms. The average molecular weight is 280 g/mol. The maximum atomic E-state index is 11.6. The number of amides is 1. The van der Waals surface area contributed by atoms with E-state index in [9.17, 15) is 4.79 Å². The zero-order chi connectivity index (χ0) is 11.8. The predicted octanol–water partition coefficient (Wildman–Crippen LogP) is 1.93. The fourth-order valence-electron chi connectivity index (χ4n) is 1.28. The van der Waals surface area contributed by atoms with Gasteiger partial charge in [-0.15, -0.1) is 0 Å². The fourth-order valence-corrected chi connectivity index (χ4v) is 1.44. The zero-order valence-electron chi connectivity index (χ0n) is 9.79. The van der Waals surface area contributed by atoms with Crippen LogP contribution in [0.15, 0.2) is 0 Å². The molecule has 0 heterocycles. The molecule has 0 aliphatic rings. The van der Waals surface area contributed by atoms with Crippen LogP contribution >= 0.6 is 15.9 Å². The number of alkyl halides is 1. The Morgan fingerprint density at radius 2 is 2.07 bits per heavy atom. The normalized spacial score (nSPS) is 15.1. The summed E-state index contributed by atoms with van der Waals surface area (Å²) in [6.45, 7) is 6.93. The summed E-state index contributed by atoms with van der Waals surface area (Å²) in [6, 6.07) is 0. The predicted molar refractivity (Wildman–Crippen MR) is 66.0 cm³/mol. The number of halogens is 1. The number of carbonyl (C=O) groups excluding carboxylic acids is 1. The van der Waals surface area contributed by atoms with Crippen LogP contribution in [-0.4, -0.2) is 29.0 Å². The van der Waals surface area contributed by atoms with Gasteiger partial charge in [-0.1, -0.05) is 43.1 Å². The molecule has 0 rings (SSSR count). The van der Waals surface area contributed by atoms with Crippen LogP contribution in [0, 0.1) is 11.8 Å². The molecule has 0 fully saturated rings. The Labute approximate surface area is 101 Å². The molecule has 3 nitrogen and oxygen atoms in total. The van der Waals surface area contributed by atoms with Gasteiger partial charge in [0.15, 0.2) is 0 Å². The number of rotatable bonds is 7. The lowest BCUT2D eigenvalue weighted by atomic mass is 10.0. The van der Waals surface area contributed by atoms with Crippen LogP contribution in [0.5, 0.6) is 0 Å². The van der Waals surface area contributed by atoms with Gasteiger partial charge in [0.2, 0.25) is 5.91 Å². The first-order chi connectivity index (χ1) is 7.02. The minimum absolute atomic E-state index is 0.0430. The van der Waals surface area contributed by atoms with Crippen molar-refractivity contribution in [2.75, 3.05) is 13.2 Å². The number of aliphatic hydroxyl groups is 1. The SMILES string of the molecule is CCC(CCO)CNC(=O)C(Br)C(C)C. The molecule has 0 aromatic carbocycles. The Hall–Kier alpha value is -0.0900. The Kier molecular flexibility index (Phi) is 8.06. The third kappa shape index (κ3) is 6.15. The fraction of sp³-hybridized carbons (Fsp3) is 0.909. The summed E-state index contributed by atoms with van der Waals surface area (Å²) in [5, 5.41) is 11.7. The van der Waals surface area contributed by atoms with Crippen LogP contribution in [0.25, 0.3) is 0 Å². The van der Waals surface area contributed by atoms with Gasteiger partial charge in [0.25, 0.3) is 0 Å². The Bertz CT molecular complexity index is 185. The van der Waals surface area contributed by atoms with Gasteiger partial charge in [0.1, 0.15) is 0 Å². The van der Waals surface area contributed by atoms with Crippen LogP contribution in [0.2, 0.25) is 0 Å². The second kappa shape index (κ2) is 8.11. The summed E-state index contributed by atoms with van der Waals surface area (Å²) in [5.74, 6) is 0.718. The summed E-state index contributed by atoms with van der Waals surface area (Å²) in [6.07, 6.45) is 1.74. The van der Waals surface area contributed by atoms with Crippen molar-refractivity contribution < 1.29 is 9.90 Å². The smallest absolute Gasteiger partial charge is 0.234 e. The van der Waals surface area contributed by atoms with Crippen molar-refractivity contribution in [2.24, 2.45) is 11.8 Å². The van der Waals surface area contributed by atoms with E-state index in [2.05, 4.69) is 28.2 Å². The van der Waals surface area contributed by atoms with E-state index in [-0.39, 0.29) is 17.3 Å². The zero-order valence-corrected chi connectivity index (χ0v) is 11.4. The molecule has 1 amide bonds. The lowest BCUT2D eigenvalue weighted by Crippen LogP contribution is -2.37. The topological polar surface area (TPSA) is 49.3 Å². The van der Waals surface area contributed by atoms with Gasteiger partial charge >= 0.3 is 0 Å². The highest BCUT2D eigenvalue weighted by molar-refractivity contribution is 9.10. The first kappa shape index (κ1) is 14.9. The van der Waals surface area contributed by atoms with Crippen molar-refractivity contribution in [1.82, 2.24) is 5.32 Å². The van der Waals surface area contributed by atoms with Crippen molar-refractivity contribution in [3.05, 3.63) is 0 Å². The van der Waals surface area contributed by atoms with Gasteiger partial charge in [-0.2, -0.15) is 0 Å². The van der Waals surface area contributed by atoms with Gasteiger partial charge in [-0.25, -0.2) is 0 Å². The van der Waals surface area contributed by atoms with Gasteiger partial charge in [-0.3, -0.25) is 4.79 Å². The van der Waals surface area contributed by atoms with Gasteiger partial charge < -0.3 is 10.4 Å².